The lowest BCUT2D eigenvalue weighted by Gasteiger charge is -2.34. The van der Waals surface area contributed by atoms with E-state index in [1.807, 2.05) is 36.9 Å². The van der Waals surface area contributed by atoms with E-state index in [2.05, 4.69) is 20.2 Å². The molecule has 0 unspecified atom stereocenters. The second-order valence-electron chi connectivity index (χ2n) is 6.32. The predicted molar refractivity (Wildman–Crippen MR) is 98.1 cm³/mol. The minimum Gasteiger partial charge on any atom is -0.349 e. The lowest BCUT2D eigenvalue weighted by molar-refractivity contribution is -0.117. The zero-order valence-corrected chi connectivity index (χ0v) is 14.6. The largest absolute Gasteiger partial charge is 0.349 e. The summed E-state index contributed by atoms with van der Waals surface area (Å²) in [5, 5.41) is 3.02. The number of nitrogens with zero attached hydrogens (tertiary/aromatic N) is 3. The van der Waals surface area contributed by atoms with Crippen molar-refractivity contribution in [3.8, 4) is 0 Å². The molecule has 0 aliphatic carbocycles. The topological polar surface area (TPSA) is 81.3 Å². The molecule has 2 heterocycles. The Kier molecular flexibility index (Phi) is 5.14. The van der Waals surface area contributed by atoms with Crippen LogP contribution in [-0.4, -0.2) is 53.5 Å². The minimum absolute atomic E-state index is 0.0125. The molecule has 0 radical (unpaired) electrons. The molecule has 0 atom stereocenters. The molecule has 1 aliphatic rings. The Hall–Kier alpha value is -2.67. The number of rotatable bonds is 4. The van der Waals surface area contributed by atoms with Crippen molar-refractivity contribution < 1.29 is 4.79 Å². The highest BCUT2D eigenvalue weighted by atomic mass is 16.2. The van der Waals surface area contributed by atoms with Crippen molar-refractivity contribution in [1.82, 2.24) is 14.9 Å². The number of piperazine rings is 1. The number of nitrogens with one attached hydrogen (secondary N) is 2. The van der Waals surface area contributed by atoms with Gasteiger partial charge in [-0.05, 0) is 25.0 Å². The van der Waals surface area contributed by atoms with Gasteiger partial charge < -0.3 is 15.2 Å². The van der Waals surface area contributed by atoms with E-state index in [0.29, 0.717) is 25.5 Å². The highest BCUT2D eigenvalue weighted by Crippen LogP contribution is 2.19. The van der Waals surface area contributed by atoms with E-state index in [9.17, 15) is 9.59 Å². The lowest BCUT2D eigenvalue weighted by Crippen LogP contribution is -2.50. The van der Waals surface area contributed by atoms with E-state index in [0.717, 1.165) is 29.9 Å². The van der Waals surface area contributed by atoms with Crippen molar-refractivity contribution in [2.75, 3.05) is 42.9 Å². The lowest BCUT2D eigenvalue weighted by atomic mass is 10.1. The van der Waals surface area contributed by atoms with Crippen molar-refractivity contribution in [2.45, 2.75) is 13.8 Å². The van der Waals surface area contributed by atoms with Crippen LogP contribution in [0.1, 0.15) is 11.1 Å². The van der Waals surface area contributed by atoms with Crippen LogP contribution in [-0.2, 0) is 4.79 Å². The zero-order valence-electron chi connectivity index (χ0n) is 14.6. The normalized spacial score (nSPS) is 15.2. The Balaban J connectivity index is 1.55. The van der Waals surface area contributed by atoms with Gasteiger partial charge >= 0.3 is 0 Å². The summed E-state index contributed by atoms with van der Waals surface area (Å²) >= 11 is 0. The van der Waals surface area contributed by atoms with Gasteiger partial charge in [0.15, 0.2) is 5.82 Å². The number of hydrogen-bond acceptors (Lipinski definition) is 5. The van der Waals surface area contributed by atoms with Crippen molar-refractivity contribution >= 4 is 17.4 Å². The molecule has 0 bridgehead atoms. The molecule has 25 heavy (non-hydrogen) atoms. The minimum atomic E-state index is -0.177. The molecule has 1 fully saturated rings. The number of hydrogen-bond donors (Lipinski definition) is 2. The van der Waals surface area contributed by atoms with Crippen LogP contribution in [0.25, 0.3) is 0 Å². The number of carbonyl (C=O) groups excluding carboxylic acids is 1. The van der Waals surface area contributed by atoms with Gasteiger partial charge in [-0.25, -0.2) is 4.98 Å². The number of para-hydroxylation sites is 1. The third-order valence-electron chi connectivity index (χ3n) is 4.47. The molecular weight excluding hydrogens is 318 g/mol. The molecule has 1 saturated heterocycles. The Morgan fingerprint density at radius 3 is 2.52 bits per heavy atom. The molecule has 1 aromatic heterocycles. The smallest absolute Gasteiger partial charge is 0.290 e. The summed E-state index contributed by atoms with van der Waals surface area (Å²) in [5.74, 6) is 0.434. The first-order valence-electron chi connectivity index (χ1n) is 8.41. The summed E-state index contributed by atoms with van der Waals surface area (Å²) in [5.41, 5.74) is 2.84. The SMILES string of the molecule is Cc1cccc(C)c1NC(=O)CN1CCN(c2ncc[nH]c2=O)CC1. The molecule has 2 N–H and O–H groups in total. The maximum absolute atomic E-state index is 12.4. The molecule has 1 amide bonds. The fourth-order valence-electron chi connectivity index (χ4n) is 3.08. The van der Waals surface area contributed by atoms with Crippen LogP contribution in [0.3, 0.4) is 0 Å². The highest BCUT2D eigenvalue weighted by Gasteiger charge is 2.21. The number of H-pyrrole nitrogens is 1. The maximum Gasteiger partial charge on any atom is 0.290 e. The van der Waals surface area contributed by atoms with Crippen molar-refractivity contribution in [2.24, 2.45) is 0 Å². The van der Waals surface area contributed by atoms with Crippen LogP contribution in [0, 0.1) is 13.8 Å². The number of carbonyl (C=O) groups is 1. The van der Waals surface area contributed by atoms with Gasteiger partial charge in [-0.3, -0.25) is 14.5 Å². The van der Waals surface area contributed by atoms with Gasteiger partial charge in [-0.1, -0.05) is 18.2 Å². The Labute approximate surface area is 146 Å². The number of aromatic amines is 1. The average Bonchev–Trinajstić information content (AvgIpc) is 2.60. The number of aryl methyl sites for hydroxylation is 2. The van der Waals surface area contributed by atoms with Crippen LogP contribution in [0.15, 0.2) is 35.4 Å². The molecular formula is C18H23N5O2. The van der Waals surface area contributed by atoms with Crippen LogP contribution >= 0.6 is 0 Å². The number of amides is 1. The van der Waals surface area contributed by atoms with E-state index in [-0.39, 0.29) is 11.5 Å². The quantitative estimate of drug-likeness (QED) is 0.872. The first kappa shape index (κ1) is 17.2. The van der Waals surface area contributed by atoms with E-state index in [1.54, 1.807) is 6.20 Å². The summed E-state index contributed by atoms with van der Waals surface area (Å²) in [6, 6.07) is 5.97. The van der Waals surface area contributed by atoms with Crippen LogP contribution in [0.5, 0.6) is 0 Å². The molecule has 7 heteroatoms. The second-order valence-corrected chi connectivity index (χ2v) is 6.32. The molecule has 132 valence electrons. The van der Waals surface area contributed by atoms with E-state index in [1.165, 1.54) is 6.20 Å². The predicted octanol–water partition coefficient (Wildman–Crippen LogP) is 1.15. The number of anilines is 2. The zero-order chi connectivity index (χ0) is 17.8. The monoisotopic (exact) mass is 341 g/mol. The first-order valence-corrected chi connectivity index (χ1v) is 8.41. The summed E-state index contributed by atoms with van der Waals surface area (Å²) in [4.78, 5) is 35.0. The molecule has 0 spiro atoms. The van der Waals surface area contributed by atoms with E-state index < -0.39 is 0 Å². The van der Waals surface area contributed by atoms with Gasteiger partial charge in [0.2, 0.25) is 5.91 Å². The summed E-state index contributed by atoms with van der Waals surface area (Å²) in [6.45, 7) is 7.12. The third kappa shape index (κ3) is 4.06. The van der Waals surface area contributed by atoms with Crippen LogP contribution in [0.4, 0.5) is 11.5 Å². The third-order valence-corrected chi connectivity index (χ3v) is 4.47. The second kappa shape index (κ2) is 7.48. The first-order chi connectivity index (χ1) is 12.0. The maximum atomic E-state index is 12.4. The van der Waals surface area contributed by atoms with Gasteiger partial charge in [-0.15, -0.1) is 0 Å². The highest BCUT2D eigenvalue weighted by molar-refractivity contribution is 5.93. The molecule has 3 rings (SSSR count). The molecule has 7 nitrogen and oxygen atoms in total. The Morgan fingerprint density at radius 2 is 1.88 bits per heavy atom. The fourth-order valence-corrected chi connectivity index (χ4v) is 3.08. The number of benzene rings is 1. The summed E-state index contributed by atoms with van der Waals surface area (Å²) in [6.07, 6.45) is 3.11. The number of aromatic nitrogens is 2. The van der Waals surface area contributed by atoms with Gasteiger partial charge in [0, 0.05) is 44.3 Å². The van der Waals surface area contributed by atoms with Crippen LogP contribution < -0.4 is 15.8 Å². The molecule has 1 aromatic carbocycles. The van der Waals surface area contributed by atoms with Crippen molar-refractivity contribution in [3.05, 3.63) is 52.1 Å². The molecule has 1 aliphatic heterocycles. The van der Waals surface area contributed by atoms with Gasteiger partial charge in [0.25, 0.3) is 5.56 Å². The summed E-state index contributed by atoms with van der Waals surface area (Å²) < 4.78 is 0. The fraction of sp³-hybridized carbons (Fsp3) is 0.389. The van der Waals surface area contributed by atoms with Crippen molar-refractivity contribution in [1.29, 1.82) is 0 Å². The average molecular weight is 341 g/mol. The van der Waals surface area contributed by atoms with E-state index >= 15 is 0 Å². The van der Waals surface area contributed by atoms with E-state index in [4.69, 9.17) is 0 Å². The van der Waals surface area contributed by atoms with Crippen molar-refractivity contribution in [3.63, 3.8) is 0 Å². The Morgan fingerprint density at radius 1 is 1.20 bits per heavy atom. The molecule has 2 aromatic rings. The molecule has 0 saturated carbocycles. The standard InChI is InChI=1S/C18H23N5O2/c1-13-4-3-5-14(2)16(13)21-15(24)12-22-8-10-23(11-9-22)17-18(25)20-7-6-19-17/h3-7H,8-12H2,1-2H3,(H,20,25)(H,21,24). The van der Waals surface area contributed by atoms with Gasteiger partial charge in [0.05, 0.1) is 6.54 Å². The Bertz CT molecular complexity index is 789. The van der Waals surface area contributed by atoms with Crippen LogP contribution in [0.2, 0.25) is 0 Å². The van der Waals surface area contributed by atoms with Gasteiger partial charge in [0.1, 0.15) is 0 Å². The van der Waals surface area contributed by atoms with Gasteiger partial charge in [-0.2, -0.15) is 0 Å². The summed E-state index contributed by atoms with van der Waals surface area (Å²) in [7, 11) is 0.